The Balaban J connectivity index is 1.32. The van der Waals surface area contributed by atoms with Crippen LogP contribution >= 0.6 is 23.1 Å². The average molecular weight is 464 g/mol. The summed E-state index contributed by atoms with van der Waals surface area (Å²) in [6, 6.07) is 18.6. The van der Waals surface area contributed by atoms with Crippen molar-refractivity contribution in [2.45, 2.75) is 38.4 Å². The average Bonchev–Trinajstić information content (AvgIpc) is 3.44. The summed E-state index contributed by atoms with van der Waals surface area (Å²) in [5, 5.41) is 14.9. The Kier molecular flexibility index (Phi) is 7.34. The van der Waals surface area contributed by atoms with Crippen molar-refractivity contribution in [2.75, 3.05) is 11.1 Å². The van der Waals surface area contributed by atoms with Crippen LogP contribution in [0.25, 0.3) is 11.3 Å². The molecule has 2 aromatic carbocycles. The first-order valence-corrected chi connectivity index (χ1v) is 12.4. The van der Waals surface area contributed by atoms with E-state index < -0.39 is 0 Å². The molecule has 2 aromatic heterocycles. The first-order chi connectivity index (χ1) is 15.6. The summed E-state index contributed by atoms with van der Waals surface area (Å²) in [4.78, 5) is 17.0. The van der Waals surface area contributed by atoms with Gasteiger partial charge in [0.25, 0.3) is 0 Å². The summed E-state index contributed by atoms with van der Waals surface area (Å²) >= 11 is 2.83. The Bertz CT molecular complexity index is 1170. The molecule has 2 heterocycles. The second-order valence-corrected chi connectivity index (χ2v) is 9.17. The molecular weight excluding hydrogens is 438 g/mol. The second-order valence-electron chi connectivity index (χ2n) is 7.37. The van der Waals surface area contributed by atoms with Gasteiger partial charge in [-0.25, -0.2) is 4.98 Å². The number of nitrogens with one attached hydrogen (secondary N) is 1. The van der Waals surface area contributed by atoms with Crippen LogP contribution in [0.3, 0.4) is 0 Å². The number of thioether (sulfide) groups is 1. The fourth-order valence-electron chi connectivity index (χ4n) is 3.30. The number of amides is 1. The van der Waals surface area contributed by atoms with E-state index in [1.807, 2.05) is 35.7 Å². The molecule has 164 valence electrons. The highest BCUT2D eigenvalue weighted by Crippen LogP contribution is 2.25. The molecule has 0 radical (unpaired) electrons. The summed E-state index contributed by atoms with van der Waals surface area (Å²) in [6.45, 7) is 4.90. The topological polar surface area (TPSA) is 72.7 Å². The number of nitrogens with zero attached hydrogens (tertiary/aromatic N) is 4. The van der Waals surface area contributed by atoms with Gasteiger partial charge < -0.3 is 9.88 Å². The molecule has 32 heavy (non-hydrogen) atoms. The molecule has 0 saturated heterocycles. The maximum absolute atomic E-state index is 12.5. The van der Waals surface area contributed by atoms with Crippen molar-refractivity contribution in [1.29, 1.82) is 0 Å². The summed E-state index contributed by atoms with van der Waals surface area (Å²) in [7, 11) is 0. The van der Waals surface area contributed by atoms with Crippen molar-refractivity contribution < 1.29 is 4.79 Å². The van der Waals surface area contributed by atoms with Crippen LogP contribution in [0, 0.1) is 6.92 Å². The molecule has 8 heteroatoms. The van der Waals surface area contributed by atoms with Crippen LogP contribution in [0.1, 0.15) is 23.9 Å². The maximum Gasteiger partial charge on any atom is 0.236 e. The van der Waals surface area contributed by atoms with Crippen molar-refractivity contribution >= 4 is 34.1 Å². The number of aryl methyl sites for hydroxylation is 3. The number of thiazole rings is 1. The molecule has 1 amide bonds. The zero-order chi connectivity index (χ0) is 22.3. The monoisotopic (exact) mass is 463 g/mol. The van der Waals surface area contributed by atoms with Gasteiger partial charge >= 0.3 is 0 Å². The number of aromatic nitrogens is 4. The quantitative estimate of drug-likeness (QED) is 0.343. The van der Waals surface area contributed by atoms with Crippen LogP contribution < -0.4 is 5.32 Å². The highest BCUT2D eigenvalue weighted by Gasteiger charge is 2.14. The highest BCUT2D eigenvalue weighted by molar-refractivity contribution is 7.99. The maximum atomic E-state index is 12.5. The molecule has 4 aromatic rings. The van der Waals surface area contributed by atoms with Gasteiger partial charge in [0.05, 0.1) is 11.4 Å². The minimum Gasteiger partial charge on any atom is -0.306 e. The molecule has 0 bridgehead atoms. The first kappa shape index (κ1) is 22.2. The van der Waals surface area contributed by atoms with Crippen molar-refractivity contribution in [3.8, 4) is 11.3 Å². The van der Waals surface area contributed by atoms with Crippen LogP contribution in [0.2, 0.25) is 0 Å². The van der Waals surface area contributed by atoms with E-state index in [0.717, 1.165) is 41.6 Å². The van der Waals surface area contributed by atoms with E-state index in [1.165, 1.54) is 34.2 Å². The molecule has 0 spiro atoms. The summed E-state index contributed by atoms with van der Waals surface area (Å²) in [5.74, 6) is 1.11. The third kappa shape index (κ3) is 5.63. The van der Waals surface area contributed by atoms with E-state index in [4.69, 9.17) is 0 Å². The van der Waals surface area contributed by atoms with Crippen molar-refractivity contribution in [3.63, 3.8) is 0 Å². The van der Waals surface area contributed by atoms with E-state index in [2.05, 4.69) is 63.2 Å². The number of carbonyl (C=O) groups is 1. The van der Waals surface area contributed by atoms with Crippen LogP contribution in [0.15, 0.2) is 65.1 Å². The zero-order valence-corrected chi connectivity index (χ0v) is 19.7. The Labute approximate surface area is 196 Å². The molecule has 0 aliphatic carbocycles. The summed E-state index contributed by atoms with van der Waals surface area (Å²) in [5.41, 5.74) is 4.39. The molecule has 0 fully saturated rings. The van der Waals surface area contributed by atoms with Gasteiger partial charge in [0.15, 0.2) is 10.3 Å². The molecule has 1 N–H and O–H groups in total. The van der Waals surface area contributed by atoms with Gasteiger partial charge in [0.2, 0.25) is 5.91 Å². The predicted octanol–water partition coefficient (Wildman–Crippen LogP) is 5.25. The van der Waals surface area contributed by atoms with Crippen LogP contribution in [-0.2, 0) is 24.2 Å². The molecule has 4 rings (SSSR count). The Morgan fingerprint density at radius 3 is 2.59 bits per heavy atom. The van der Waals surface area contributed by atoms with E-state index in [1.54, 1.807) is 0 Å². The Hall–Kier alpha value is -2.97. The lowest BCUT2D eigenvalue weighted by atomic mass is 10.1. The van der Waals surface area contributed by atoms with Gasteiger partial charge in [0, 0.05) is 23.9 Å². The predicted molar refractivity (Wildman–Crippen MR) is 131 cm³/mol. The standard InChI is InChI=1S/C24H25N5OS2/c1-3-29-21(14-11-18-7-5-4-6-8-18)27-28-24(29)32-16-22(30)26-23-25-20(15-31-23)19-12-9-17(2)10-13-19/h4-10,12-13,15H,3,11,14,16H2,1-2H3,(H,25,26,30). The van der Waals surface area contributed by atoms with Gasteiger partial charge in [-0.3, -0.25) is 4.79 Å². The number of rotatable bonds is 9. The fraction of sp³-hybridized carbons (Fsp3) is 0.250. The number of anilines is 1. The minimum atomic E-state index is -0.101. The third-order valence-corrected chi connectivity index (χ3v) is 6.74. The van der Waals surface area contributed by atoms with Crippen LogP contribution in [-0.4, -0.2) is 31.4 Å². The molecule has 0 unspecified atom stereocenters. The lowest BCUT2D eigenvalue weighted by Crippen LogP contribution is -2.14. The largest absolute Gasteiger partial charge is 0.306 e. The van der Waals surface area contributed by atoms with Gasteiger partial charge in [0.1, 0.15) is 5.82 Å². The molecule has 0 atom stereocenters. The molecule has 0 saturated carbocycles. The SMILES string of the molecule is CCn1c(CCc2ccccc2)nnc1SCC(=O)Nc1nc(-c2ccc(C)cc2)cs1. The number of carbonyl (C=O) groups excluding carboxylic acids is 1. The molecular formula is C24H25N5OS2. The van der Waals surface area contributed by atoms with Crippen molar-refractivity contribution in [3.05, 3.63) is 76.9 Å². The minimum absolute atomic E-state index is 0.101. The van der Waals surface area contributed by atoms with Crippen molar-refractivity contribution in [2.24, 2.45) is 0 Å². The second kappa shape index (κ2) is 10.6. The number of benzene rings is 2. The van der Waals surface area contributed by atoms with Gasteiger partial charge in [-0.1, -0.05) is 71.9 Å². The van der Waals surface area contributed by atoms with E-state index >= 15 is 0 Å². The first-order valence-electron chi connectivity index (χ1n) is 10.5. The normalized spacial score (nSPS) is 10.9. The zero-order valence-electron chi connectivity index (χ0n) is 18.1. The fourth-order valence-corrected chi connectivity index (χ4v) is 4.86. The van der Waals surface area contributed by atoms with Gasteiger partial charge in [-0.15, -0.1) is 21.5 Å². The van der Waals surface area contributed by atoms with E-state index in [0.29, 0.717) is 5.13 Å². The summed E-state index contributed by atoms with van der Waals surface area (Å²) < 4.78 is 2.08. The van der Waals surface area contributed by atoms with Gasteiger partial charge in [-0.2, -0.15) is 0 Å². The van der Waals surface area contributed by atoms with Crippen LogP contribution in [0.5, 0.6) is 0 Å². The van der Waals surface area contributed by atoms with Crippen molar-refractivity contribution in [1.82, 2.24) is 19.7 Å². The van der Waals surface area contributed by atoms with Crippen LogP contribution in [0.4, 0.5) is 5.13 Å². The van der Waals surface area contributed by atoms with E-state index in [-0.39, 0.29) is 11.7 Å². The van der Waals surface area contributed by atoms with E-state index in [9.17, 15) is 4.79 Å². The molecule has 6 nitrogen and oxygen atoms in total. The number of hydrogen-bond acceptors (Lipinski definition) is 6. The smallest absolute Gasteiger partial charge is 0.236 e. The molecule has 0 aliphatic rings. The third-order valence-electron chi connectivity index (χ3n) is 5.02. The summed E-state index contributed by atoms with van der Waals surface area (Å²) in [6.07, 6.45) is 1.73. The Morgan fingerprint density at radius 1 is 1.06 bits per heavy atom. The lowest BCUT2D eigenvalue weighted by Gasteiger charge is -2.07. The lowest BCUT2D eigenvalue weighted by molar-refractivity contribution is -0.113. The molecule has 0 aliphatic heterocycles. The Morgan fingerprint density at radius 2 is 1.84 bits per heavy atom. The highest BCUT2D eigenvalue weighted by atomic mass is 32.2. The van der Waals surface area contributed by atoms with Gasteiger partial charge in [-0.05, 0) is 25.8 Å². The number of hydrogen-bond donors (Lipinski definition) is 1.